The highest BCUT2D eigenvalue weighted by atomic mass is 35.5. The van der Waals surface area contributed by atoms with Crippen LogP contribution < -0.4 is 10.2 Å². The van der Waals surface area contributed by atoms with Gasteiger partial charge in [0, 0.05) is 31.6 Å². The summed E-state index contributed by atoms with van der Waals surface area (Å²) in [5.41, 5.74) is 2.43. The molecule has 0 aliphatic rings. The number of likely N-dealkylation sites (N-methyl/N-ethyl adjacent to an activating group) is 1. The van der Waals surface area contributed by atoms with E-state index in [2.05, 4.69) is 23.2 Å². The molecular weight excluding hydrogens is 372 g/mol. The third kappa shape index (κ3) is 5.22. The predicted molar refractivity (Wildman–Crippen MR) is 106 cm³/mol. The Kier molecular flexibility index (Phi) is 6.67. The number of halogens is 1. The zero-order valence-corrected chi connectivity index (χ0v) is 16.7. The van der Waals surface area contributed by atoms with Crippen LogP contribution in [0.2, 0.25) is 5.02 Å². The molecule has 1 amide bonds. The first-order valence-corrected chi connectivity index (χ1v) is 10.6. The zero-order chi connectivity index (χ0) is 19.3. The number of amides is 1. The van der Waals surface area contributed by atoms with Gasteiger partial charge in [0.05, 0.1) is 15.5 Å². The topological polar surface area (TPSA) is 66.5 Å². The van der Waals surface area contributed by atoms with Gasteiger partial charge in [-0.15, -0.1) is 0 Å². The van der Waals surface area contributed by atoms with E-state index < -0.39 is 9.84 Å². The van der Waals surface area contributed by atoms with Crippen molar-refractivity contribution < 1.29 is 13.2 Å². The molecule has 2 aromatic rings. The van der Waals surface area contributed by atoms with E-state index in [1.165, 1.54) is 23.8 Å². The summed E-state index contributed by atoms with van der Waals surface area (Å²) in [4.78, 5) is 14.6. The van der Waals surface area contributed by atoms with Crippen molar-refractivity contribution in [1.82, 2.24) is 5.32 Å². The molecule has 1 N–H and O–H groups in total. The van der Waals surface area contributed by atoms with Gasteiger partial charge in [0.1, 0.15) is 0 Å². The van der Waals surface area contributed by atoms with Crippen LogP contribution in [0.25, 0.3) is 0 Å². The predicted octanol–water partition coefficient (Wildman–Crippen LogP) is 3.31. The number of carbonyl (C=O) groups excluding carboxylic acids is 1. The molecule has 0 radical (unpaired) electrons. The monoisotopic (exact) mass is 394 g/mol. The average molecular weight is 395 g/mol. The van der Waals surface area contributed by atoms with Crippen LogP contribution in [0.15, 0.2) is 47.4 Å². The fourth-order valence-electron chi connectivity index (χ4n) is 2.60. The first-order chi connectivity index (χ1) is 12.2. The summed E-state index contributed by atoms with van der Waals surface area (Å²) in [5.74, 6) is -0.388. The normalized spacial score (nSPS) is 11.2. The molecule has 0 bridgehead atoms. The number of benzene rings is 2. The second-order valence-electron chi connectivity index (χ2n) is 6.09. The summed E-state index contributed by atoms with van der Waals surface area (Å²) in [7, 11) is -3.40. The largest absolute Gasteiger partial charge is 0.370 e. The molecule has 0 fully saturated rings. The second-order valence-corrected chi connectivity index (χ2v) is 8.51. The Bertz CT molecular complexity index is 897. The van der Waals surface area contributed by atoms with Gasteiger partial charge in [-0.1, -0.05) is 23.7 Å². The van der Waals surface area contributed by atoms with Crippen molar-refractivity contribution >= 4 is 33.0 Å². The van der Waals surface area contributed by atoms with Gasteiger partial charge in [-0.3, -0.25) is 4.79 Å². The molecule has 0 saturated heterocycles. The molecule has 0 aliphatic heterocycles. The van der Waals surface area contributed by atoms with Crippen LogP contribution in [0, 0.1) is 6.92 Å². The number of aryl methyl sites for hydroxylation is 1. The van der Waals surface area contributed by atoms with Crippen molar-refractivity contribution in [3.8, 4) is 0 Å². The fourth-order valence-corrected chi connectivity index (χ4v) is 3.45. The number of anilines is 1. The minimum absolute atomic E-state index is 0.0713. The molecule has 140 valence electrons. The number of rotatable bonds is 7. The molecule has 0 atom stereocenters. The smallest absolute Gasteiger partial charge is 0.252 e. The summed E-state index contributed by atoms with van der Waals surface area (Å²) in [5, 5.41) is 3.03. The average Bonchev–Trinajstić information content (AvgIpc) is 2.58. The van der Waals surface area contributed by atoms with Gasteiger partial charge in [0.25, 0.3) is 5.91 Å². The van der Waals surface area contributed by atoms with Crippen LogP contribution in [0.1, 0.15) is 22.8 Å². The van der Waals surface area contributed by atoms with Crippen molar-refractivity contribution in [2.45, 2.75) is 18.7 Å². The molecule has 0 saturated carbocycles. The van der Waals surface area contributed by atoms with Crippen LogP contribution in [0.3, 0.4) is 0 Å². The molecule has 0 aliphatic carbocycles. The maximum Gasteiger partial charge on any atom is 0.252 e. The lowest BCUT2D eigenvalue weighted by molar-refractivity contribution is 0.0954. The maximum absolute atomic E-state index is 12.4. The Morgan fingerprint density at radius 3 is 2.54 bits per heavy atom. The van der Waals surface area contributed by atoms with E-state index in [4.69, 9.17) is 11.6 Å². The van der Waals surface area contributed by atoms with E-state index in [9.17, 15) is 13.2 Å². The number of hydrogen-bond donors (Lipinski definition) is 1. The first-order valence-electron chi connectivity index (χ1n) is 8.31. The minimum Gasteiger partial charge on any atom is -0.370 e. The first kappa shape index (κ1) is 20.3. The van der Waals surface area contributed by atoms with Gasteiger partial charge in [-0.25, -0.2) is 8.42 Å². The summed E-state index contributed by atoms with van der Waals surface area (Å²) in [6, 6.07) is 12.3. The van der Waals surface area contributed by atoms with E-state index >= 15 is 0 Å². The van der Waals surface area contributed by atoms with Crippen molar-refractivity contribution in [1.29, 1.82) is 0 Å². The summed E-state index contributed by atoms with van der Waals surface area (Å²) >= 11 is 6.06. The lowest BCUT2D eigenvalue weighted by Gasteiger charge is -2.23. The van der Waals surface area contributed by atoms with Crippen LogP contribution in [0.5, 0.6) is 0 Å². The molecule has 0 spiro atoms. The Morgan fingerprint density at radius 1 is 1.19 bits per heavy atom. The Hall–Kier alpha value is -2.05. The van der Waals surface area contributed by atoms with E-state index in [0.717, 1.165) is 18.5 Å². The third-order valence-electron chi connectivity index (χ3n) is 4.03. The number of nitrogens with zero attached hydrogens (tertiary/aromatic N) is 1. The van der Waals surface area contributed by atoms with Gasteiger partial charge >= 0.3 is 0 Å². The van der Waals surface area contributed by atoms with Crippen molar-refractivity contribution in [2.24, 2.45) is 0 Å². The van der Waals surface area contributed by atoms with Crippen molar-refractivity contribution in [3.05, 3.63) is 58.6 Å². The van der Waals surface area contributed by atoms with Crippen LogP contribution >= 0.6 is 11.6 Å². The molecule has 0 heterocycles. The van der Waals surface area contributed by atoms with E-state index in [1.54, 1.807) is 0 Å². The number of hydrogen-bond acceptors (Lipinski definition) is 4. The minimum atomic E-state index is -3.40. The number of sulfone groups is 1. The molecule has 2 aromatic carbocycles. The van der Waals surface area contributed by atoms with E-state index in [0.29, 0.717) is 13.1 Å². The van der Waals surface area contributed by atoms with Gasteiger partial charge in [0.2, 0.25) is 0 Å². The fraction of sp³-hybridized carbons (Fsp3) is 0.316. The Balaban J connectivity index is 2.04. The number of carbonyl (C=O) groups is 1. The molecule has 7 heteroatoms. The van der Waals surface area contributed by atoms with Gasteiger partial charge in [0.15, 0.2) is 9.84 Å². The second kappa shape index (κ2) is 8.56. The Labute approximate surface area is 159 Å². The summed E-state index contributed by atoms with van der Waals surface area (Å²) in [6.07, 6.45) is 1.10. The van der Waals surface area contributed by atoms with Gasteiger partial charge in [-0.05, 0) is 49.7 Å². The van der Waals surface area contributed by atoms with Crippen LogP contribution in [0.4, 0.5) is 5.69 Å². The molecule has 0 aromatic heterocycles. The lowest BCUT2D eigenvalue weighted by atomic mass is 10.2. The van der Waals surface area contributed by atoms with E-state index in [-0.39, 0.29) is 21.4 Å². The quantitative estimate of drug-likeness (QED) is 0.782. The highest BCUT2D eigenvalue weighted by molar-refractivity contribution is 7.90. The third-order valence-corrected chi connectivity index (χ3v) is 5.47. The highest BCUT2D eigenvalue weighted by Crippen LogP contribution is 2.20. The van der Waals surface area contributed by atoms with E-state index in [1.807, 2.05) is 25.1 Å². The molecule has 26 heavy (non-hydrogen) atoms. The highest BCUT2D eigenvalue weighted by Gasteiger charge is 2.15. The van der Waals surface area contributed by atoms with Crippen LogP contribution in [-0.2, 0) is 9.84 Å². The maximum atomic E-state index is 12.4. The molecule has 5 nitrogen and oxygen atoms in total. The van der Waals surface area contributed by atoms with Crippen molar-refractivity contribution in [3.63, 3.8) is 0 Å². The Morgan fingerprint density at radius 2 is 1.92 bits per heavy atom. The standard InChI is InChI=1S/C19H23ClN2O3S/c1-4-22(15-7-5-6-14(2)12-15)11-10-21-19(23)17-13-16(26(3,24)25)8-9-18(17)20/h5-9,12-13H,4,10-11H2,1-3H3,(H,21,23). The summed E-state index contributed by atoms with van der Waals surface area (Å²) < 4.78 is 23.3. The zero-order valence-electron chi connectivity index (χ0n) is 15.1. The van der Waals surface area contributed by atoms with Gasteiger partial charge < -0.3 is 10.2 Å². The van der Waals surface area contributed by atoms with Crippen molar-refractivity contribution in [2.75, 3.05) is 30.8 Å². The number of nitrogens with one attached hydrogen (secondary N) is 1. The van der Waals surface area contributed by atoms with Gasteiger partial charge in [-0.2, -0.15) is 0 Å². The summed E-state index contributed by atoms with van der Waals surface area (Å²) in [6.45, 7) is 5.95. The SMILES string of the molecule is CCN(CCNC(=O)c1cc(S(C)(=O)=O)ccc1Cl)c1cccc(C)c1. The molecule has 0 unspecified atom stereocenters. The molecular formula is C19H23ClN2O3S. The van der Waals surface area contributed by atoms with Crippen LogP contribution in [-0.4, -0.2) is 40.2 Å². The molecule has 2 rings (SSSR count). The lowest BCUT2D eigenvalue weighted by Crippen LogP contribution is -2.35.